The maximum atomic E-state index is 5.85. The van der Waals surface area contributed by atoms with Crippen molar-refractivity contribution in [3.05, 3.63) is 22.2 Å². The molecule has 1 aromatic carbocycles. The molecule has 1 N–H and O–H groups in total. The summed E-state index contributed by atoms with van der Waals surface area (Å²) >= 11 is 3.56. The summed E-state index contributed by atoms with van der Waals surface area (Å²) in [6, 6.07) is 4.10. The minimum atomic E-state index is 0.769. The molecule has 1 aromatic rings. The zero-order chi connectivity index (χ0) is 13.0. The van der Waals surface area contributed by atoms with Crippen molar-refractivity contribution in [2.24, 2.45) is 5.92 Å². The van der Waals surface area contributed by atoms with E-state index in [2.05, 4.69) is 27.3 Å². The Labute approximate surface area is 117 Å². The van der Waals surface area contributed by atoms with E-state index in [4.69, 9.17) is 9.47 Å². The largest absolute Gasteiger partial charge is 0.493 e. The van der Waals surface area contributed by atoms with Crippen LogP contribution in [0.1, 0.15) is 24.8 Å². The molecule has 1 aliphatic carbocycles. The number of halogens is 1. The summed E-state index contributed by atoms with van der Waals surface area (Å²) in [5, 5.41) is 3.13. The lowest BCUT2D eigenvalue weighted by Gasteiger charge is -2.14. The predicted molar refractivity (Wildman–Crippen MR) is 76.3 cm³/mol. The molecule has 18 heavy (non-hydrogen) atoms. The van der Waals surface area contributed by atoms with Gasteiger partial charge in [-0.05, 0) is 53.0 Å². The Morgan fingerprint density at radius 1 is 1.39 bits per heavy atom. The van der Waals surface area contributed by atoms with Gasteiger partial charge in [0.25, 0.3) is 0 Å². The van der Waals surface area contributed by atoms with E-state index >= 15 is 0 Å². The van der Waals surface area contributed by atoms with Gasteiger partial charge in [0.15, 0.2) is 11.5 Å². The fourth-order valence-electron chi connectivity index (χ4n) is 1.95. The molecule has 1 saturated carbocycles. The van der Waals surface area contributed by atoms with E-state index in [9.17, 15) is 0 Å². The van der Waals surface area contributed by atoms with Crippen LogP contribution in [0.25, 0.3) is 0 Å². The maximum Gasteiger partial charge on any atom is 0.175 e. The van der Waals surface area contributed by atoms with Gasteiger partial charge in [0, 0.05) is 6.54 Å². The van der Waals surface area contributed by atoms with Gasteiger partial charge in [0.05, 0.1) is 18.2 Å². The molecule has 1 fully saturated rings. The molecule has 0 radical (unpaired) electrons. The Morgan fingerprint density at radius 2 is 2.17 bits per heavy atom. The fourth-order valence-corrected chi connectivity index (χ4v) is 2.56. The van der Waals surface area contributed by atoms with E-state index in [1.165, 1.54) is 18.4 Å². The number of benzene rings is 1. The number of nitrogens with one attached hydrogen (secondary N) is 1. The van der Waals surface area contributed by atoms with Crippen molar-refractivity contribution in [1.29, 1.82) is 0 Å². The highest BCUT2D eigenvalue weighted by Crippen LogP contribution is 2.38. The predicted octanol–water partition coefficient (Wildman–Crippen LogP) is 3.36. The summed E-state index contributed by atoms with van der Waals surface area (Å²) in [5.74, 6) is 2.50. The molecule has 1 aliphatic rings. The average molecular weight is 314 g/mol. The van der Waals surface area contributed by atoms with Crippen molar-refractivity contribution in [3.8, 4) is 11.5 Å². The van der Waals surface area contributed by atoms with Gasteiger partial charge in [-0.1, -0.05) is 12.8 Å². The van der Waals surface area contributed by atoms with Crippen molar-refractivity contribution in [3.63, 3.8) is 0 Å². The maximum absolute atomic E-state index is 5.85. The van der Waals surface area contributed by atoms with Crippen LogP contribution in [-0.4, -0.2) is 20.8 Å². The lowest BCUT2D eigenvalue weighted by atomic mass is 10.2. The van der Waals surface area contributed by atoms with Crippen LogP contribution in [0.4, 0.5) is 0 Å². The lowest BCUT2D eigenvalue weighted by molar-refractivity contribution is 0.281. The summed E-state index contributed by atoms with van der Waals surface area (Å²) in [5.41, 5.74) is 1.18. The smallest absolute Gasteiger partial charge is 0.175 e. The Balaban J connectivity index is 2.05. The van der Waals surface area contributed by atoms with Gasteiger partial charge in [0.2, 0.25) is 0 Å². The first-order chi connectivity index (χ1) is 8.74. The third kappa shape index (κ3) is 3.62. The standard InChI is InChI=1S/C14H20BrNO2/c1-16-9-11-7-12(15)14(13(8-11)17-2)18-6-5-10-3-4-10/h7-8,10,16H,3-6,9H2,1-2H3. The van der Waals surface area contributed by atoms with E-state index in [-0.39, 0.29) is 0 Å². The van der Waals surface area contributed by atoms with Gasteiger partial charge in [0.1, 0.15) is 0 Å². The van der Waals surface area contributed by atoms with Crippen molar-refractivity contribution in [2.75, 3.05) is 20.8 Å². The molecular formula is C14H20BrNO2. The van der Waals surface area contributed by atoms with Crippen molar-refractivity contribution >= 4 is 15.9 Å². The minimum Gasteiger partial charge on any atom is -0.493 e. The Bertz CT molecular complexity index is 405. The van der Waals surface area contributed by atoms with E-state index in [1.807, 2.05) is 13.1 Å². The van der Waals surface area contributed by atoms with Crippen LogP contribution in [0.15, 0.2) is 16.6 Å². The van der Waals surface area contributed by atoms with Crippen molar-refractivity contribution in [1.82, 2.24) is 5.32 Å². The molecule has 0 heterocycles. The minimum absolute atomic E-state index is 0.769. The molecule has 100 valence electrons. The summed E-state index contributed by atoms with van der Waals surface area (Å²) in [7, 11) is 3.61. The molecule has 0 saturated heterocycles. The zero-order valence-electron chi connectivity index (χ0n) is 11.0. The summed E-state index contributed by atoms with van der Waals surface area (Å²) in [4.78, 5) is 0. The van der Waals surface area contributed by atoms with Crippen LogP contribution >= 0.6 is 15.9 Å². The van der Waals surface area contributed by atoms with E-state index in [1.54, 1.807) is 7.11 Å². The van der Waals surface area contributed by atoms with E-state index in [0.717, 1.165) is 41.5 Å². The average Bonchev–Trinajstić information content (AvgIpc) is 3.15. The van der Waals surface area contributed by atoms with Crippen LogP contribution in [0.5, 0.6) is 11.5 Å². The molecule has 0 aliphatic heterocycles. The van der Waals surface area contributed by atoms with Gasteiger partial charge in [-0.25, -0.2) is 0 Å². The Morgan fingerprint density at radius 3 is 2.78 bits per heavy atom. The van der Waals surface area contributed by atoms with Crippen molar-refractivity contribution < 1.29 is 9.47 Å². The van der Waals surface area contributed by atoms with Gasteiger partial charge in [-0.2, -0.15) is 0 Å². The highest BCUT2D eigenvalue weighted by atomic mass is 79.9. The van der Waals surface area contributed by atoms with Gasteiger partial charge < -0.3 is 14.8 Å². The molecule has 4 heteroatoms. The van der Waals surface area contributed by atoms with Crippen LogP contribution in [0.2, 0.25) is 0 Å². The molecule has 0 amide bonds. The molecule has 3 nitrogen and oxygen atoms in total. The normalized spacial score (nSPS) is 14.6. The van der Waals surface area contributed by atoms with Crippen LogP contribution in [0.3, 0.4) is 0 Å². The first-order valence-corrected chi connectivity index (χ1v) is 7.17. The number of methoxy groups -OCH3 is 1. The monoisotopic (exact) mass is 313 g/mol. The quantitative estimate of drug-likeness (QED) is 0.837. The van der Waals surface area contributed by atoms with Crippen LogP contribution in [0, 0.1) is 5.92 Å². The van der Waals surface area contributed by atoms with Gasteiger partial charge in [-0.15, -0.1) is 0 Å². The number of ether oxygens (including phenoxy) is 2. The second-order valence-corrected chi connectivity index (χ2v) is 5.57. The zero-order valence-corrected chi connectivity index (χ0v) is 12.5. The molecule has 0 bridgehead atoms. The van der Waals surface area contributed by atoms with Crippen molar-refractivity contribution in [2.45, 2.75) is 25.8 Å². The number of hydrogen-bond acceptors (Lipinski definition) is 3. The van der Waals surface area contributed by atoms with Gasteiger partial charge >= 0.3 is 0 Å². The summed E-state index contributed by atoms with van der Waals surface area (Å²) in [6.07, 6.45) is 3.87. The third-order valence-corrected chi connectivity index (χ3v) is 3.73. The second-order valence-electron chi connectivity index (χ2n) is 4.72. The Kier molecular flexibility index (Phi) is 4.89. The summed E-state index contributed by atoms with van der Waals surface area (Å²) in [6.45, 7) is 1.59. The Hall–Kier alpha value is -0.740. The van der Waals surface area contributed by atoms with E-state index < -0.39 is 0 Å². The number of hydrogen-bond donors (Lipinski definition) is 1. The lowest BCUT2D eigenvalue weighted by Crippen LogP contribution is -2.06. The highest BCUT2D eigenvalue weighted by Gasteiger charge is 2.21. The topological polar surface area (TPSA) is 30.5 Å². The molecule has 0 spiro atoms. The molecule has 0 aromatic heterocycles. The fraction of sp³-hybridized carbons (Fsp3) is 0.571. The third-order valence-electron chi connectivity index (χ3n) is 3.14. The molecular weight excluding hydrogens is 294 g/mol. The first kappa shape index (κ1) is 13.7. The number of rotatable bonds is 7. The second kappa shape index (κ2) is 6.43. The molecule has 0 atom stereocenters. The van der Waals surface area contributed by atoms with Crippen LogP contribution < -0.4 is 14.8 Å². The first-order valence-electron chi connectivity index (χ1n) is 6.38. The summed E-state index contributed by atoms with van der Waals surface area (Å²) < 4.78 is 12.2. The van der Waals surface area contributed by atoms with Crippen LogP contribution in [-0.2, 0) is 6.54 Å². The highest BCUT2D eigenvalue weighted by molar-refractivity contribution is 9.10. The SMILES string of the molecule is CNCc1cc(Br)c(OCCC2CC2)c(OC)c1. The van der Waals surface area contributed by atoms with E-state index in [0.29, 0.717) is 0 Å². The van der Waals surface area contributed by atoms with Gasteiger partial charge in [-0.3, -0.25) is 0 Å². The molecule has 0 unspecified atom stereocenters. The molecule has 2 rings (SSSR count).